The van der Waals surface area contributed by atoms with E-state index in [1.165, 1.54) is 14.2 Å². The highest BCUT2D eigenvalue weighted by Gasteiger charge is 2.65. The van der Waals surface area contributed by atoms with Crippen LogP contribution in [0, 0.1) is 35.0 Å². The number of hydrogen-bond acceptors (Lipinski definition) is 5. The maximum Gasteiger partial charge on any atom is 0.323 e. The molecule has 0 aliphatic heterocycles. The number of Topliss-reactive ketones (excluding diaryl/α,β-unsaturated/α-hetero) is 1. The predicted molar refractivity (Wildman–Crippen MR) is 96.0 cm³/mol. The summed E-state index contributed by atoms with van der Waals surface area (Å²) in [5.41, 5.74) is -1.44. The van der Waals surface area contributed by atoms with Gasteiger partial charge in [0.1, 0.15) is 5.78 Å². The highest BCUT2D eigenvalue weighted by molar-refractivity contribution is 6.02. The maximum atomic E-state index is 13.4. The molecule has 0 aromatic carbocycles. The Bertz CT molecular complexity index is 618. The second-order valence-corrected chi connectivity index (χ2v) is 7.82. The Balaban J connectivity index is 2.07. The Labute approximate surface area is 154 Å². The summed E-state index contributed by atoms with van der Waals surface area (Å²) in [5, 5.41) is 0. The Kier molecular flexibility index (Phi) is 5.35. The molecule has 0 N–H and O–H groups in total. The molecule has 0 unspecified atom stereocenters. The van der Waals surface area contributed by atoms with E-state index >= 15 is 0 Å². The molecule has 0 aromatic rings. The summed E-state index contributed by atoms with van der Waals surface area (Å²) in [5.74, 6) is -1.59. The Morgan fingerprint density at radius 3 is 2.42 bits per heavy atom. The first-order chi connectivity index (χ1) is 12.5. The molecule has 2 saturated carbocycles. The highest BCUT2D eigenvalue weighted by atomic mass is 16.5. The van der Waals surface area contributed by atoms with Crippen LogP contribution in [0.25, 0.3) is 0 Å². The third-order valence-corrected chi connectivity index (χ3v) is 6.75. The van der Waals surface area contributed by atoms with Gasteiger partial charge in [-0.1, -0.05) is 31.1 Å². The SMILES string of the molecule is C=CC[C@@H]1[C@@H]2C=C[C@@H]3CCCC[C@@H]3C(=O)[C@H]2CC1(C(=O)OC)C(=O)OC. The molecule has 3 aliphatic rings. The van der Waals surface area contributed by atoms with Gasteiger partial charge in [0, 0.05) is 11.8 Å². The zero-order valence-electron chi connectivity index (χ0n) is 15.6. The number of carbonyl (C=O) groups excluding carboxylic acids is 3. The summed E-state index contributed by atoms with van der Waals surface area (Å²) in [6.45, 7) is 3.80. The summed E-state index contributed by atoms with van der Waals surface area (Å²) < 4.78 is 10.0. The summed E-state index contributed by atoms with van der Waals surface area (Å²) in [7, 11) is 2.56. The minimum atomic E-state index is -1.44. The molecule has 2 fully saturated rings. The third kappa shape index (κ3) is 2.72. The molecule has 0 bridgehead atoms. The van der Waals surface area contributed by atoms with Gasteiger partial charge < -0.3 is 9.47 Å². The van der Waals surface area contributed by atoms with E-state index in [-0.39, 0.29) is 41.8 Å². The summed E-state index contributed by atoms with van der Waals surface area (Å²) in [6.07, 6.45) is 10.7. The zero-order valence-corrected chi connectivity index (χ0v) is 15.6. The molecule has 5 nitrogen and oxygen atoms in total. The number of ketones is 1. The molecule has 3 rings (SSSR count). The van der Waals surface area contributed by atoms with Crippen molar-refractivity contribution >= 4 is 17.7 Å². The van der Waals surface area contributed by atoms with Crippen molar-refractivity contribution in [3.63, 3.8) is 0 Å². The Hall–Kier alpha value is -1.91. The van der Waals surface area contributed by atoms with Gasteiger partial charge in [-0.2, -0.15) is 0 Å². The highest BCUT2D eigenvalue weighted by Crippen LogP contribution is 2.57. The van der Waals surface area contributed by atoms with Crippen LogP contribution >= 0.6 is 0 Å². The fraction of sp³-hybridized carbons (Fsp3) is 0.667. The van der Waals surface area contributed by atoms with Crippen LogP contribution in [0.1, 0.15) is 38.5 Å². The van der Waals surface area contributed by atoms with Gasteiger partial charge in [0.25, 0.3) is 0 Å². The van der Waals surface area contributed by atoms with Crippen molar-refractivity contribution in [3.05, 3.63) is 24.8 Å². The van der Waals surface area contributed by atoms with Crippen molar-refractivity contribution in [1.29, 1.82) is 0 Å². The molecule has 0 spiro atoms. The van der Waals surface area contributed by atoms with Gasteiger partial charge in [-0.15, -0.1) is 6.58 Å². The lowest BCUT2D eigenvalue weighted by Gasteiger charge is -2.31. The van der Waals surface area contributed by atoms with Crippen LogP contribution < -0.4 is 0 Å². The number of allylic oxidation sites excluding steroid dienone is 3. The smallest absolute Gasteiger partial charge is 0.323 e. The molecule has 26 heavy (non-hydrogen) atoms. The van der Waals surface area contributed by atoms with Gasteiger partial charge in [0.15, 0.2) is 5.41 Å². The average molecular weight is 360 g/mol. The molecule has 0 radical (unpaired) electrons. The van der Waals surface area contributed by atoms with E-state index < -0.39 is 17.4 Å². The first kappa shape index (κ1) is 18.9. The van der Waals surface area contributed by atoms with Crippen LogP contribution in [0.15, 0.2) is 24.8 Å². The molecule has 0 aromatic heterocycles. The van der Waals surface area contributed by atoms with E-state index in [2.05, 4.69) is 18.7 Å². The second kappa shape index (κ2) is 7.37. The summed E-state index contributed by atoms with van der Waals surface area (Å²) in [4.78, 5) is 38.8. The number of ether oxygens (including phenoxy) is 2. The second-order valence-electron chi connectivity index (χ2n) is 7.82. The van der Waals surface area contributed by atoms with E-state index in [0.717, 1.165) is 25.7 Å². The van der Waals surface area contributed by atoms with E-state index in [1.54, 1.807) is 6.08 Å². The van der Waals surface area contributed by atoms with Gasteiger partial charge in [-0.25, -0.2) is 0 Å². The van der Waals surface area contributed by atoms with Gasteiger partial charge in [0.2, 0.25) is 0 Å². The number of esters is 2. The van der Waals surface area contributed by atoms with E-state index in [9.17, 15) is 14.4 Å². The molecule has 0 saturated heterocycles. The minimum absolute atomic E-state index is 0.00507. The molecular formula is C21H28O5. The van der Waals surface area contributed by atoms with Gasteiger partial charge >= 0.3 is 11.9 Å². The van der Waals surface area contributed by atoms with Gasteiger partial charge in [0.05, 0.1) is 14.2 Å². The van der Waals surface area contributed by atoms with Crippen molar-refractivity contribution in [3.8, 4) is 0 Å². The normalized spacial score (nSPS) is 35.0. The van der Waals surface area contributed by atoms with Crippen molar-refractivity contribution in [2.45, 2.75) is 38.5 Å². The lowest BCUT2D eigenvalue weighted by atomic mass is 9.72. The van der Waals surface area contributed by atoms with Crippen LogP contribution in [0.2, 0.25) is 0 Å². The van der Waals surface area contributed by atoms with Crippen molar-refractivity contribution in [2.75, 3.05) is 14.2 Å². The first-order valence-electron chi connectivity index (χ1n) is 9.51. The van der Waals surface area contributed by atoms with Crippen LogP contribution in [0.4, 0.5) is 0 Å². The maximum absolute atomic E-state index is 13.4. The minimum Gasteiger partial charge on any atom is -0.468 e. The van der Waals surface area contributed by atoms with Gasteiger partial charge in [-0.05, 0) is 43.4 Å². The van der Waals surface area contributed by atoms with Crippen molar-refractivity contribution < 1.29 is 23.9 Å². The van der Waals surface area contributed by atoms with E-state index in [1.807, 2.05) is 0 Å². The van der Waals surface area contributed by atoms with E-state index in [0.29, 0.717) is 6.42 Å². The number of rotatable bonds is 4. The molecule has 3 aliphatic carbocycles. The molecule has 5 atom stereocenters. The molecule has 142 valence electrons. The lowest BCUT2D eigenvalue weighted by molar-refractivity contribution is -0.172. The number of hydrogen-bond donors (Lipinski definition) is 0. The molecule has 5 heteroatoms. The van der Waals surface area contributed by atoms with Crippen molar-refractivity contribution in [2.24, 2.45) is 35.0 Å². The number of fused-ring (bicyclic) bond motifs is 2. The lowest BCUT2D eigenvalue weighted by Crippen LogP contribution is -2.45. The van der Waals surface area contributed by atoms with Crippen LogP contribution in [-0.2, 0) is 23.9 Å². The van der Waals surface area contributed by atoms with Crippen LogP contribution in [-0.4, -0.2) is 31.9 Å². The van der Waals surface area contributed by atoms with Crippen LogP contribution in [0.3, 0.4) is 0 Å². The average Bonchev–Trinajstić information content (AvgIpc) is 2.93. The Morgan fingerprint density at radius 2 is 1.81 bits per heavy atom. The fourth-order valence-corrected chi connectivity index (χ4v) is 5.55. The zero-order chi connectivity index (χ0) is 18.9. The predicted octanol–water partition coefficient (Wildman–Crippen LogP) is 3.09. The topological polar surface area (TPSA) is 69.7 Å². The third-order valence-electron chi connectivity index (χ3n) is 6.75. The standard InChI is InChI=1S/C21H28O5/c1-4-7-17-15-11-10-13-8-5-6-9-14(13)18(22)16(15)12-21(17,19(23)25-2)20(24)26-3/h4,10-11,13-17H,1,5-9,12H2,2-3H3/t13-,14-,15+,16-,17+/m0/s1. The summed E-state index contributed by atoms with van der Waals surface area (Å²) in [6, 6.07) is 0. The number of carbonyl (C=O) groups is 3. The fourth-order valence-electron chi connectivity index (χ4n) is 5.55. The molecular weight excluding hydrogens is 332 g/mol. The van der Waals surface area contributed by atoms with E-state index in [4.69, 9.17) is 9.47 Å². The number of methoxy groups -OCH3 is 2. The molecule has 0 heterocycles. The quantitative estimate of drug-likeness (QED) is 0.438. The van der Waals surface area contributed by atoms with Crippen molar-refractivity contribution in [1.82, 2.24) is 0 Å². The molecule has 0 amide bonds. The monoisotopic (exact) mass is 360 g/mol. The first-order valence-corrected chi connectivity index (χ1v) is 9.51. The Morgan fingerprint density at radius 1 is 1.15 bits per heavy atom. The van der Waals surface area contributed by atoms with Gasteiger partial charge in [-0.3, -0.25) is 14.4 Å². The summed E-state index contributed by atoms with van der Waals surface area (Å²) >= 11 is 0. The largest absolute Gasteiger partial charge is 0.468 e. The van der Waals surface area contributed by atoms with Crippen LogP contribution in [0.5, 0.6) is 0 Å².